The number of ether oxygens (including phenoxy) is 2. The van der Waals surface area contributed by atoms with E-state index in [9.17, 15) is 4.79 Å². The van der Waals surface area contributed by atoms with Crippen LogP contribution in [0.2, 0.25) is 0 Å². The normalized spacial score (nSPS) is 14.6. The minimum atomic E-state index is -0.00347. The first-order valence-electron chi connectivity index (χ1n) is 7.19. The van der Waals surface area contributed by atoms with Gasteiger partial charge in [-0.1, -0.05) is 6.92 Å². The van der Waals surface area contributed by atoms with Crippen LogP contribution in [0.5, 0.6) is 11.5 Å². The van der Waals surface area contributed by atoms with Crippen molar-refractivity contribution >= 4 is 27.5 Å². The van der Waals surface area contributed by atoms with Gasteiger partial charge in [0.25, 0.3) is 0 Å². The van der Waals surface area contributed by atoms with E-state index in [4.69, 9.17) is 15.2 Å². The molecule has 5 nitrogen and oxygen atoms in total. The number of carbonyl (C=O) groups excluding carboxylic acids is 1. The number of fused-ring (bicyclic) bond motifs is 1. The van der Waals surface area contributed by atoms with Crippen molar-refractivity contribution in [2.45, 2.75) is 26.2 Å². The fourth-order valence-corrected chi connectivity index (χ4v) is 2.60. The second kappa shape index (κ2) is 7.66. The molecule has 0 radical (unpaired) electrons. The van der Waals surface area contributed by atoms with E-state index >= 15 is 0 Å². The Hall–Kier alpha value is -1.27. The molecule has 0 fully saturated rings. The zero-order valence-electron chi connectivity index (χ0n) is 12.2. The molecule has 6 heteroatoms. The van der Waals surface area contributed by atoms with Crippen LogP contribution in [0.25, 0.3) is 0 Å². The van der Waals surface area contributed by atoms with Gasteiger partial charge in [-0.15, -0.1) is 0 Å². The Kier molecular flexibility index (Phi) is 5.87. The first-order chi connectivity index (χ1) is 10.1. The third-order valence-electron chi connectivity index (χ3n) is 3.43. The van der Waals surface area contributed by atoms with Crippen molar-refractivity contribution in [2.75, 3.05) is 25.1 Å². The van der Waals surface area contributed by atoms with Gasteiger partial charge in [-0.05, 0) is 41.2 Å². The van der Waals surface area contributed by atoms with Crippen molar-refractivity contribution in [3.63, 3.8) is 0 Å². The summed E-state index contributed by atoms with van der Waals surface area (Å²) in [6.07, 6.45) is 2.27. The summed E-state index contributed by atoms with van der Waals surface area (Å²) >= 11 is 3.44. The summed E-state index contributed by atoms with van der Waals surface area (Å²) in [6.45, 7) is 3.85. The number of amides is 1. The maximum Gasteiger partial charge on any atom is 0.224 e. The number of halogens is 1. The molecule has 1 amide bonds. The minimum absolute atomic E-state index is 0.00347. The molecule has 0 saturated carbocycles. The molecule has 1 aromatic rings. The van der Waals surface area contributed by atoms with Gasteiger partial charge in [0.05, 0.1) is 5.69 Å². The second-order valence-electron chi connectivity index (χ2n) is 5.25. The molecule has 1 aliphatic rings. The average Bonchev–Trinajstić information content (AvgIpc) is 2.46. The van der Waals surface area contributed by atoms with Crippen LogP contribution in [0.3, 0.4) is 0 Å². The molecular formula is C15H21BrN2O3. The van der Waals surface area contributed by atoms with Crippen LogP contribution in [0.1, 0.15) is 26.2 Å². The Morgan fingerprint density at radius 3 is 2.67 bits per heavy atom. The molecule has 1 aliphatic heterocycles. The average molecular weight is 357 g/mol. The Morgan fingerprint density at radius 1 is 1.33 bits per heavy atom. The number of nitrogens with one attached hydrogen (secondary N) is 1. The summed E-state index contributed by atoms with van der Waals surface area (Å²) in [6, 6.07) is 3.61. The summed E-state index contributed by atoms with van der Waals surface area (Å²) in [5.74, 6) is 1.82. The molecule has 3 N–H and O–H groups in total. The number of rotatable bonds is 6. The molecule has 0 spiro atoms. The standard InChI is InChI=1S/C15H21BrN2O3/c1-10(4-5-17)2-3-15(19)18-12-9-14-13(8-11(12)16)20-6-7-21-14/h8-10H,2-7,17H2,1H3,(H,18,19). The lowest BCUT2D eigenvalue weighted by Gasteiger charge is -2.20. The van der Waals surface area contributed by atoms with E-state index in [0.717, 1.165) is 17.3 Å². The zero-order chi connectivity index (χ0) is 15.2. The molecule has 0 saturated heterocycles. The van der Waals surface area contributed by atoms with Gasteiger partial charge < -0.3 is 20.5 Å². The van der Waals surface area contributed by atoms with Crippen molar-refractivity contribution in [3.8, 4) is 11.5 Å². The molecule has 1 atom stereocenters. The first kappa shape index (κ1) is 16.1. The lowest BCUT2D eigenvalue weighted by Crippen LogP contribution is -2.17. The molecule has 2 rings (SSSR count). The summed E-state index contributed by atoms with van der Waals surface area (Å²) < 4.78 is 11.8. The predicted octanol–water partition coefficient (Wildman–Crippen LogP) is 2.92. The van der Waals surface area contributed by atoms with Crippen LogP contribution >= 0.6 is 15.9 Å². The van der Waals surface area contributed by atoms with Crippen LogP contribution in [0.4, 0.5) is 5.69 Å². The van der Waals surface area contributed by atoms with E-state index < -0.39 is 0 Å². The lowest BCUT2D eigenvalue weighted by atomic mass is 10.0. The maximum absolute atomic E-state index is 12.0. The van der Waals surface area contributed by atoms with E-state index in [2.05, 4.69) is 28.2 Å². The highest BCUT2D eigenvalue weighted by molar-refractivity contribution is 9.10. The van der Waals surface area contributed by atoms with E-state index in [1.165, 1.54) is 0 Å². The fraction of sp³-hybridized carbons (Fsp3) is 0.533. The Bertz CT molecular complexity index is 508. The third-order valence-corrected chi connectivity index (χ3v) is 4.09. The van der Waals surface area contributed by atoms with E-state index in [1.807, 2.05) is 6.07 Å². The molecule has 0 bridgehead atoms. The predicted molar refractivity (Wildman–Crippen MR) is 85.8 cm³/mol. The van der Waals surface area contributed by atoms with Gasteiger partial charge in [-0.2, -0.15) is 0 Å². The van der Waals surface area contributed by atoms with Crippen molar-refractivity contribution in [2.24, 2.45) is 11.7 Å². The van der Waals surface area contributed by atoms with E-state index in [-0.39, 0.29) is 5.91 Å². The number of nitrogens with two attached hydrogens (primary N) is 1. The number of benzene rings is 1. The summed E-state index contributed by atoms with van der Waals surface area (Å²) in [4.78, 5) is 12.0. The lowest BCUT2D eigenvalue weighted by molar-refractivity contribution is -0.116. The van der Waals surface area contributed by atoms with Crippen molar-refractivity contribution < 1.29 is 14.3 Å². The van der Waals surface area contributed by atoms with Gasteiger partial charge in [-0.3, -0.25) is 4.79 Å². The van der Waals surface area contributed by atoms with Gasteiger partial charge in [0.15, 0.2) is 11.5 Å². The summed E-state index contributed by atoms with van der Waals surface area (Å²) in [5, 5.41) is 2.91. The van der Waals surface area contributed by atoms with Crippen LogP contribution in [0.15, 0.2) is 16.6 Å². The molecule has 21 heavy (non-hydrogen) atoms. The molecular weight excluding hydrogens is 336 g/mol. The highest BCUT2D eigenvalue weighted by Crippen LogP contribution is 2.38. The minimum Gasteiger partial charge on any atom is -0.486 e. The van der Waals surface area contributed by atoms with E-state index in [0.29, 0.717) is 49.3 Å². The SMILES string of the molecule is CC(CCN)CCC(=O)Nc1cc2c(cc1Br)OCCO2. The van der Waals surface area contributed by atoms with Crippen molar-refractivity contribution in [3.05, 3.63) is 16.6 Å². The van der Waals surface area contributed by atoms with E-state index in [1.54, 1.807) is 6.07 Å². The van der Waals surface area contributed by atoms with Crippen molar-refractivity contribution in [1.29, 1.82) is 0 Å². The monoisotopic (exact) mass is 356 g/mol. The van der Waals surface area contributed by atoms with Crippen LogP contribution in [0, 0.1) is 5.92 Å². The molecule has 0 aliphatic carbocycles. The van der Waals surface area contributed by atoms with Crippen LogP contribution in [-0.2, 0) is 4.79 Å². The zero-order valence-corrected chi connectivity index (χ0v) is 13.7. The fourth-order valence-electron chi connectivity index (χ4n) is 2.18. The highest BCUT2D eigenvalue weighted by Gasteiger charge is 2.16. The molecule has 1 aromatic carbocycles. The van der Waals surface area contributed by atoms with Gasteiger partial charge in [0.1, 0.15) is 13.2 Å². The number of hydrogen-bond donors (Lipinski definition) is 2. The number of hydrogen-bond acceptors (Lipinski definition) is 4. The molecule has 1 unspecified atom stereocenters. The largest absolute Gasteiger partial charge is 0.486 e. The third kappa shape index (κ3) is 4.61. The second-order valence-corrected chi connectivity index (χ2v) is 6.10. The summed E-state index contributed by atoms with van der Waals surface area (Å²) in [5.41, 5.74) is 6.22. The first-order valence-corrected chi connectivity index (χ1v) is 7.98. The van der Waals surface area contributed by atoms with Crippen LogP contribution in [-0.4, -0.2) is 25.7 Å². The van der Waals surface area contributed by atoms with Gasteiger partial charge in [0, 0.05) is 23.0 Å². The van der Waals surface area contributed by atoms with Gasteiger partial charge in [-0.25, -0.2) is 0 Å². The van der Waals surface area contributed by atoms with Gasteiger partial charge in [0.2, 0.25) is 5.91 Å². The Balaban J connectivity index is 1.94. The Morgan fingerprint density at radius 2 is 2.00 bits per heavy atom. The maximum atomic E-state index is 12.0. The molecule has 0 aromatic heterocycles. The topological polar surface area (TPSA) is 73.6 Å². The highest BCUT2D eigenvalue weighted by atomic mass is 79.9. The van der Waals surface area contributed by atoms with Crippen LogP contribution < -0.4 is 20.5 Å². The number of carbonyl (C=O) groups is 1. The van der Waals surface area contributed by atoms with Gasteiger partial charge >= 0.3 is 0 Å². The number of anilines is 1. The summed E-state index contributed by atoms with van der Waals surface area (Å²) in [7, 11) is 0. The molecule has 116 valence electrons. The quantitative estimate of drug-likeness (QED) is 0.821. The van der Waals surface area contributed by atoms with Crippen molar-refractivity contribution in [1.82, 2.24) is 0 Å². The Labute approximate surface area is 133 Å². The smallest absolute Gasteiger partial charge is 0.224 e. The molecule has 1 heterocycles.